The number of rotatable bonds is 4. The average molecular weight is 267 g/mol. The van der Waals surface area contributed by atoms with E-state index in [1.165, 1.54) is 51.9 Å². The molecule has 0 bridgehead atoms. The van der Waals surface area contributed by atoms with Gasteiger partial charge in [-0.3, -0.25) is 4.90 Å². The van der Waals surface area contributed by atoms with Crippen LogP contribution >= 0.6 is 0 Å². The van der Waals surface area contributed by atoms with Gasteiger partial charge in [-0.15, -0.1) is 0 Å². The molecule has 2 aliphatic rings. The van der Waals surface area contributed by atoms with Crippen LogP contribution < -0.4 is 5.32 Å². The molecule has 0 aliphatic carbocycles. The van der Waals surface area contributed by atoms with Crippen LogP contribution in [0.15, 0.2) is 0 Å². The van der Waals surface area contributed by atoms with Gasteiger partial charge in [-0.2, -0.15) is 0 Å². The molecule has 19 heavy (non-hydrogen) atoms. The molecule has 112 valence electrons. The molecular weight excluding hydrogens is 234 g/mol. The van der Waals surface area contributed by atoms with Crippen molar-refractivity contribution in [2.24, 2.45) is 5.92 Å². The van der Waals surface area contributed by atoms with Crippen molar-refractivity contribution in [1.29, 1.82) is 0 Å². The fourth-order valence-corrected chi connectivity index (χ4v) is 3.77. The topological polar surface area (TPSA) is 18.5 Å². The van der Waals surface area contributed by atoms with Crippen molar-refractivity contribution in [3.05, 3.63) is 0 Å². The number of nitrogens with zero attached hydrogens (tertiary/aromatic N) is 2. The van der Waals surface area contributed by atoms with Crippen molar-refractivity contribution in [2.45, 2.75) is 64.6 Å². The van der Waals surface area contributed by atoms with E-state index in [0.717, 1.165) is 24.0 Å². The molecule has 3 heteroatoms. The number of piperazine rings is 1. The molecule has 0 aromatic carbocycles. The Morgan fingerprint density at radius 3 is 2.47 bits per heavy atom. The zero-order chi connectivity index (χ0) is 13.8. The van der Waals surface area contributed by atoms with E-state index in [4.69, 9.17) is 0 Å². The van der Waals surface area contributed by atoms with Crippen LogP contribution in [0.25, 0.3) is 0 Å². The van der Waals surface area contributed by atoms with Gasteiger partial charge in [0, 0.05) is 31.2 Å². The molecule has 0 amide bonds. The van der Waals surface area contributed by atoms with E-state index in [0.29, 0.717) is 0 Å². The Hall–Kier alpha value is -0.120. The monoisotopic (exact) mass is 267 g/mol. The van der Waals surface area contributed by atoms with Gasteiger partial charge in [-0.05, 0) is 45.3 Å². The quantitative estimate of drug-likeness (QED) is 0.842. The first-order valence-electron chi connectivity index (χ1n) is 8.29. The SMILES string of the molecule is CCCC1CN(C2CCN(C)CC2)C(C(C)C)CN1. The van der Waals surface area contributed by atoms with Crippen molar-refractivity contribution in [3.8, 4) is 0 Å². The molecular formula is C16H33N3. The third-order valence-corrected chi connectivity index (χ3v) is 5.04. The Balaban J connectivity index is 1.98. The molecule has 3 nitrogen and oxygen atoms in total. The Kier molecular flexibility index (Phi) is 5.67. The third-order valence-electron chi connectivity index (χ3n) is 5.04. The second-order valence-corrected chi connectivity index (χ2v) is 6.94. The molecule has 0 aromatic heterocycles. The minimum atomic E-state index is 0.722. The highest BCUT2D eigenvalue weighted by Gasteiger charge is 2.34. The smallest absolute Gasteiger partial charge is 0.0247 e. The molecule has 0 radical (unpaired) electrons. The van der Waals surface area contributed by atoms with Crippen molar-refractivity contribution in [2.75, 3.05) is 33.2 Å². The van der Waals surface area contributed by atoms with Crippen molar-refractivity contribution in [1.82, 2.24) is 15.1 Å². The summed E-state index contributed by atoms with van der Waals surface area (Å²) in [4.78, 5) is 5.33. The predicted molar refractivity (Wildman–Crippen MR) is 82.5 cm³/mol. The lowest BCUT2D eigenvalue weighted by Crippen LogP contribution is -2.62. The maximum Gasteiger partial charge on any atom is 0.0247 e. The van der Waals surface area contributed by atoms with E-state index >= 15 is 0 Å². The van der Waals surface area contributed by atoms with E-state index in [1.54, 1.807) is 0 Å². The van der Waals surface area contributed by atoms with Crippen LogP contribution in [0.5, 0.6) is 0 Å². The van der Waals surface area contributed by atoms with Gasteiger partial charge in [-0.25, -0.2) is 0 Å². The summed E-state index contributed by atoms with van der Waals surface area (Å²) in [6.07, 6.45) is 5.34. The fourth-order valence-electron chi connectivity index (χ4n) is 3.77. The first-order chi connectivity index (χ1) is 9.11. The largest absolute Gasteiger partial charge is 0.311 e. The van der Waals surface area contributed by atoms with Crippen LogP contribution in [0, 0.1) is 5.92 Å². The molecule has 1 N–H and O–H groups in total. The second-order valence-electron chi connectivity index (χ2n) is 6.94. The van der Waals surface area contributed by atoms with E-state index in [9.17, 15) is 0 Å². The zero-order valence-corrected chi connectivity index (χ0v) is 13.4. The summed E-state index contributed by atoms with van der Waals surface area (Å²) >= 11 is 0. The first kappa shape index (κ1) is 15.3. The summed E-state index contributed by atoms with van der Waals surface area (Å²) in [5.74, 6) is 0.759. The standard InChI is InChI=1S/C16H33N3/c1-5-6-14-12-19(16(11-17-14)13(2)3)15-7-9-18(4)10-8-15/h13-17H,5-12H2,1-4H3. The van der Waals surface area contributed by atoms with Crippen LogP contribution in [-0.2, 0) is 0 Å². The number of hydrogen-bond acceptors (Lipinski definition) is 3. The van der Waals surface area contributed by atoms with Gasteiger partial charge in [0.05, 0.1) is 0 Å². The lowest BCUT2D eigenvalue weighted by atomic mass is 9.92. The van der Waals surface area contributed by atoms with Gasteiger partial charge in [-0.1, -0.05) is 27.2 Å². The molecule has 2 heterocycles. The summed E-state index contributed by atoms with van der Waals surface area (Å²) in [6, 6.07) is 2.28. The highest BCUT2D eigenvalue weighted by molar-refractivity contribution is 4.92. The summed E-state index contributed by atoms with van der Waals surface area (Å²) in [5.41, 5.74) is 0. The van der Waals surface area contributed by atoms with Crippen LogP contribution in [0.3, 0.4) is 0 Å². The van der Waals surface area contributed by atoms with Crippen LogP contribution in [0.1, 0.15) is 46.5 Å². The Morgan fingerprint density at radius 2 is 1.89 bits per heavy atom. The van der Waals surface area contributed by atoms with Gasteiger partial charge in [0.1, 0.15) is 0 Å². The molecule has 2 atom stereocenters. The predicted octanol–water partition coefficient (Wildman–Crippen LogP) is 2.18. The summed E-state index contributed by atoms with van der Waals surface area (Å²) in [7, 11) is 2.26. The van der Waals surface area contributed by atoms with Crippen LogP contribution in [-0.4, -0.2) is 61.2 Å². The number of hydrogen-bond donors (Lipinski definition) is 1. The molecule has 2 unspecified atom stereocenters. The van der Waals surface area contributed by atoms with E-state index in [1.807, 2.05) is 0 Å². The molecule has 0 saturated carbocycles. The highest BCUT2D eigenvalue weighted by Crippen LogP contribution is 2.25. The summed E-state index contributed by atoms with van der Waals surface area (Å²) in [5, 5.41) is 3.78. The number of piperidine rings is 1. The Labute approximate surface area is 119 Å². The van der Waals surface area contributed by atoms with Gasteiger partial charge >= 0.3 is 0 Å². The van der Waals surface area contributed by atoms with Crippen molar-refractivity contribution >= 4 is 0 Å². The van der Waals surface area contributed by atoms with Crippen LogP contribution in [0.2, 0.25) is 0 Å². The minimum Gasteiger partial charge on any atom is -0.311 e. The van der Waals surface area contributed by atoms with Crippen LogP contribution in [0.4, 0.5) is 0 Å². The summed E-state index contributed by atoms with van der Waals surface area (Å²) < 4.78 is 0. The normalized spacial score (nSPS) is 32.1. The molecule has 2 fully saturated rings. The van der Waals surface area contributed by atoms with Gasteiger partial charge < -0.3 is 10.2 Å². The summed E-state index contributed by atoms with van der Waals surface area (Å²) in [6.45, 7) is 12.1. The first-order valence-corrected chi connectivity index (χ1v) is 8.29. The molecule has 2 aliphatic heterocycles. The Morgan fingerprint density at radius 1 is 1.21 bits per heavy atom. The van der Waals surface area contributed by atoms with E-state index in [2.05, 4.69) is 42.9 Å². The highest BCUT2D eigenvalue weighted by atomic mass is 15.3. The zero-order valence-electron chi connectivity index (χ0n) is 13.4. The number of nitrogens with one attached hydrogen (secondary N) is 1. The lowest BCUT2D eigenvalue weighted by Gasteiger charge is -2.48. The van der Waals surface area contributed by atoms with Crippen molar-refractivity contribution < 1.29 is 0 Å². The molecule has 0 spiro atoms. The van der Waals surface area contributed by atoms with Gasteiger partial charge in [0.25, 0.3) is 0 Å². The second kappa shape index (κ2) is 7.05. The fraction of sp³-hybridized carbons (Fsp3) is 1.00. The van der Waals surface area contributed by atoms with E-state index < -0.39 is 0 Å². The van der Waals surface area contributed by atoms with Gasteiger partial charge in [0.15, 0.2) is 0 Å². The number of likely N-dealkylation sites (tertiary alicyclic amines) is 1. The maximum atomic E-state index is 3.78. The molecule has 2 rings (SSSR count). The van der Waals surface area contributed by atoms with Crippen molar-refractivity contribution in [3.63, 3.8) is 0 Å². The lowest BCUT2D eigenvalue weighted by molar-refractivity contribution is 0.0264. The Bertz CT molecular complexity index is 259. The van der Waals surface area contributed by atoms with Gasteiger partial charge in [0.2, 0.25) is 0 Å². The average Bonchev–Trinajstić information content (AvgIpc) is 2.39. The maximum absolute atomic E-state index is 3.78. The molecule has 0 aromatic rings. The third kappa shape index (κ3) is 3.93. The minimum absolute atomic E-state index is 0.722. The van der Waals surface area contributed by atoms with E-state index in [-0.39, 0.29) is 0 Å². The molecule has 2 saturated heterocycles.